The third kappa shape index (κ3) is 6.54. The van der Waals surface area contributed by atoms with Crippen LogP contribution in [0.25, 0.3) is 11.5 Å². The number of oxazole rings is 1. The Bertz CT molecular complexity index is 982. The fourth-order valence-electron chi connectivity index (χ4n) is 3.54. The molecule has 8 heteroatoms. The van der Waals surface area contributed by atoms with Crippen LogP contribution in [-0.4, -0.2) is 42.0 Å². The van der Waals surface area contributed by atoms with Gasteiger partial charge in [-0.3, -0.25) is 4.90 Å². The third-order valence-electron chi connectivity index (χ3n) is 5.20. The lowest BCUT2D eigenvalue weighted by Gasteiger charge is -2.27. The van der Waals surface area contributed by atoms with E-state index in [0.717, 1.165) is 56.4 Å². The van der Waals surface area contributed by atoms with Crippen molar-refractivity contribution in [2.24, 2.45) is 4.99 Å². The van der Waals surface area contributed by atoms with Gasteiger partial charge in [-0.25, -0.2) is 9.98 Å². The number of nitrogens with one attached hydrogen (secondary N) is 2. The Morgan fingerprint density at radius 1 is 1.23 bits per heavy atom. The molecule has 0 radical (unpaired) electrons. The first-order chi connectivity index (χ1) is 14.7. The first kappa shape index (κ1) is 23.7. The summed E-state index contributed by atoms with van der Waals surface area (Å²) in [6.45, 7) is 9.48. The number of aryl methyl sites for hydroxylation is 1. The molecule has 6 nitrogen and oxygen atoms in total. The van der Waals surface area contributed by atoms with E-state index in [1.807, 2.05) is 23.5 Å². The zero-order valence-corrected chi connectivity index (χ0v) is 21.2. The number of benzene rings is 1. The van der Waals surface area contributed by atoms with Crippen LogP contribution in [0.5, 0.6) is 0 Å². The second-order valence-electron chi connectivity index (χ2n) is 7.53. The average Bonchev–Trinajstić information content (AvgIpc) is 3.42. The van der Waals surface area contributed by atoms with E-state index in [1.54, 1.807) is 11.1 Å². The lowest BCUT2D eigenvalue weighted by molar-refractivity contribution is 0.260. The summed E-state index contributed by atoms with van der Waals surface area (Å²) in [6, 6.07) is 10.4. The Morgan fingerprint density at radius 2 is 2.06 bits per heavy atom. The number of nitrogens with zero attached hydrogens (tertiary/aromatic N) is 3. The van der Waals surface area contributed by atoms with E-state index in [0.29, 0.717) is 12.4 Å². The summed E-state index contributed by atoms with van der Waals surface area (Å²) in [6.07, 6.45) is 2.85. The van der Waals surface area contributed by atoms with E-state index < -0.39 is 0 Å². The molecule has 1 aliphatic heterocycles. The van der Waals surface area contributed by atoms with Gasteiger partial charge in [0.05, 0.1) is 6.54 Å². The number of thiophene rings is 1. The van der Waals surface area contributed by atoms with Crippen LogP contribution >= 0.6 is 35.3 Å². The van der Waals surface area contributed by atoms with Gasteiger partial charge in [0.15, 0.2) is 5.96 Å². The van der Waals surface area contributed by atoms with Crippen molar-refractivity contribution < 1.29 is 4.42 Å². The number of aliphatic imine (C=N–C) groups is 1. The van der Waals surface area contributed by atoms with Crippen LogP contribution in [0.2, 0.25) is 0 Å². The number of halogens is 1. The molecule has 2 aromatic heterocycles. The molecule has 0 amide bonds. The molecule has 0 aliphatic carbocycles. The van der Waals surface area contributed by atoms with Gasteiger partial charge in [-0.05, 0) is 49.4 Å². The average molecular weight is 551 g/mol. The number of guanidine groups is 1. The summed E-state index contributed by atoms with van der Waals surface area (Å²) >= 11 is 1.88. The second kappa shape index (κ2) is 11.6. The van der Waals surface area contributed by atoms with Gasteiger partial charge in [0, 0.05) is 43.2 Å². The van der Waals surface area contributed by atoms with Gasteiger partial charge in [-0.2, -0.15) is 0 Å². The van der Waals surface area contributed by atoms with Crippen LogP contribution in [0, 0.1) is 6.92 Å². The van der Waals surface area contributed by atoms with Crippen LogP contribution in [-0.2, 0) is 19.5 Å². The molecular formula is C23H30IN5OS. The third-order valence-corrected chi connectivity index (χ3v) is 6.22. The highest BCUT2D eigenvalue weighted by Crippen LogP contribution is 2.23. The lowest BCUT2D eigenvalue weighted by atomic mass is 10.1. The van der Waals surface area contributed by atoms with Crippen molar-refractivity contribution in [1.82, 2.24) is 20.5 Å². The minimum absolute atomic E-state index is 0. The summed E-state index contributed by atoms with van der Waals surface area (Å²) < 4.78 is 5.64. The maximum absolute atomic E-state index is 5.64. The Hall–Kier alpha value is -1.91. The highest BCUT2D eigenvalue weighted by Gasteiger charge is 2.16. The molecule has 4 rings (SSSR count). The van der Waals surface area contributed by atoms with Gasteiger partial charge in [0.25, 0.3) is 0 Å². The van der Waals surface area contributed by atoms with Gasteiger partial charge < -0.3 is 15.1 Å². The minimum Gasteiger partial charge on any atom is -0.444 e. The van der Waals surface area contributed by atoms with E-state index in [9.17, 15) is 0 Å². The van der Waals surface area contributed by atoms with Crippen LogP contribution in [0.1, 0.15) is 28.6 Å². The molecule has 2 N–H and O–H groups in total. The molecular weight excluding hydrogens is 521 g/mol. The molecule has 166 valence electrons. The summed E-state index contributed by atoms with van der Waals surface area (Å²) in [5.74, 6) is 1.45. The van der Waals surface area contributed by atoms with Gasteiger partial charge in [0.2, 0.25) is 5.89 Å². The number of aromatic nitrogens is 1. The Labute approximate surface area is 205 Å². The van der Waals surface area contributed by atoms with Crippen molar-refractivity contribution in [2.45, 2.75) is 33.4 Å². The predicted octanol–water partition coefficient (Wildman–Crippen LogP) is 4.44. The molecule has 3 heterocycles. The summed E-state index contributed by atoms with van der Waals surface area (Å²) in [5, 5.41) is 8.96. The monoisotopic (exact) mass is 551 g/mol. The highest BCUT2D eigenvalue weighted by molar-refractivity contribution is 14.0. The number of hydrogen-bond donors (Lipinski definition) is 2. The SMILES string of the molecule is CCNC(=NCc1coc(-c2ccc(C)cc2)n1)NCCN1CCc2sccc2C1.I. The number of hydrogen-bond acceptors (Lipinski definition) is 5. The Morgan fingerprint density at radius 3 is 2.87 bits per heavy atom. The van der Waals surface area contributed by atoms with Crippen LogP contribution in [0.3, 0.4) is 0 Å². The predicted molar refractivity (Wildman–Crippen MR) is 138 cm³/mol. The zero-order chi connectivity index (χ0) is 20.8. The van der Waals surface area contributed by atoms with Crippen molar-refractivity contribution in [2.75, 3.05) is 26.2 Å². The fourth-order valence-corrected chi connectivity index (χ4v) is 4.43. The van der Waals surface area contributed by atoms with E-state index in [1.165, 1.54) is 11.1 Å². The molecule has 1 aliphatic rings. The number of fused-ring (bicyclic) bond motifs is 1. The maximum Gasteiger partial charge on any atom is 0.226 e. The van der Waals surface area contributed by atoms with Crippen molar-refractivity contribution in [3.8, 4) is 11.5 Å². The molecule has 1 aromatic carbocycles. The summed E-state index contributed by atoms with van der Waals surface area (Å²) in [4.78, 5) is 13.3. The maximum atomic E-state index is 5.64. The van der Waals surface area contributed by atoms with E-state index >= 15 is 0 Å². The van der Waals surface area contributed by atoms with Gasteiger partial charge >= 0.3 is 0 Å². The van der Waals surface area contributed by atoms with Crippen molar-refractivity contribution in [3.63, 3.8) is 0 Å². The van der Waals surface area contributed by atoms with Crippen molar-refractivity contribution in [1.29, 1.82) is 0 Å². The smallest absolute Gasteiger partial charge is 0.226 e. The summed E-state index contributed by atoms with van der Waals surface area (Å²) in [7, 11) is 0. The van der Waals surface area contributed by atoms with Crippen LogP contribution in [0.4, 0.5) is 0 Å². The topological polar surface area (TPSA) is 65.7 Å². The zero-order valence-electron chi connectivity index (χ0n) is 18.1. The first-order valence-corrected chi connectivity index (χ1v) is 11.4. The minimum atomic E-state index is 0. The number of rotatable bonds is 7. The summed E-state index contributed by atoms with van der Waals surface area (Å²) in [5.41, 5.74) is 4.51. The highest BCUT2D eigenvalue weighted by atomic mass is 127. The van der Waals surface area contributed by atoms with E-state index in [4.69, 9.17) is 4.42 Å². The quantitative estimate of drug-likeness (QED) is 0.258. The molecule has 0 atom stereocenters. The molecule has 31 heavy (non-hydrogen) atoms. The van der Waals surface area contributed by atoms with Crippen LogP contribution in [0.15, 0.2) is 51.4 Å². The van der Waals surface area contributed by atoms with Gasteiger partial charge in [-0.1, -0.05) is 17.7 Å². The Balaban J connectivity index is 0.00000272. The second-order valence-corrected chi connectivity index (χ2v) is 8.53. The van der Waals surface area contributed by atoms with Crippen molar-refractivity contribution in [3.05, 3.63) is 63.7 Å². The van der Waals surface area contributed by atoms with E-state index in [2.05, 4.69) is 62.9 Å². The van der Waals surface area contributed by atoms with Crippen molar-refractivity contribution >= 4 is 41.3 Å². The molecule has 0 unspecified atom stereocenters. The molecule has 0 spiro atoms. The fraction of sp³-hybridized carbons (Fsp3) is 0.391. The molecule has 0 bridgehead atoms. The van der Waals surface area contributed by atoms with E-state index in [-0.39, 0.29) is 24.0 Å². The largest absolute Gasteiger partial charge is 0.444 e. The normalized spacial score (nSPS) is 14.1. The molecule has 0 fully saturated rings. The van der Waals surface area contributed by atoms with Gasteiger partial charge in [-0.15, -0.1) is 35.3 Å². The van der Waals surface area contributed by atoms with Crippen LogP contribution < -0.4 is 10.6 Å². The standard InChI is InChI=1S/C23H29N5OS.HI/c1-3-24-23(25-10-12-28-11-8-21-19(15-28)9-13-30-21)26-14-20-16-29-22(27-20)18-6-4-17(2)5-7-18;/h4-7,9,13,16H,3,8,10-12,14-15H2,1-2H3,(H2,24,25,26);1H. The molecule has 0 saturated heterocycles. The molecule has 3 aromatic rings. The Kier molecular flexibility index (Phi) is 8.91. The van der Waals surface area contributed by atoms with Gasteiger partial charge in [0.1, 0.15) is 12.0 Å². The first-order valence-electron chi connectivity index (χ1n) is 10.5. The lowest BCUT2D eigenvalue weighted by Crippen LogP contribution is -2.42. The molecule has 0 saturated carbocycles.